The van der Waals surface area contributed by atoms with E-state index in [2.05, 4.69) is 26.3 Å². The van der Waals surface area contributed by atoms with Gasteiger partial charge in [0.2, 0.25) is 11.8 Å². The standard InChI is InChI=1S/C31H27FN6O5S/c32-19-6-10-24(39)21(14-19)27(29(42)37-31-33-12-13-44-31)38-16-18-2-1-3-22(26(18)30(38)43)34-15-17-4-7-20(8-5-17)35-23-9-11-25(40)36-28(23)41/h1-8,10,12-14,23,27,34-35,39H,9,11,15-16H2,(H,33,37,42)(H,36,40,41). The number of nitrogens with one attached hydrogen (secondary N) is 4. The second kappa shape index (κ2) is 12.1. The normalized spacial score (nSPS) is 16.7. The third-order valence-corrected chi connectivity index (χ3v) is 8.18. The first kappa shape index (κ1) is 28.8. The van der Waals surface area contributed by atoms with E-state index in [-0.39, 0.29) is 36.1 Å². The second-order valence-corrected chi connectivity index (χ2v) is 11.3. The molecule has 3 aromatic carbocycles. The van der Waals surface area contributed by atoms with E-state index in [9.17, 15) is 28.7 Å². The minimum Gasteiger partial charge on any atom is -0.508 e. The molecular weight excluding hydrogens is 587 g/mol. The Morgan fingerprint density at radius 2 is 1.95 bits per heavy atom. The molecule has 44 heavy (non-hydrogen) atoms. The van der Waals surface area contributed by atoms with Crippen LogP contribution >= 0.6 is 11.3 Å². The lowest BCUT2D eigenvalue weighted by molar-refractivity contribution is -0.133. The predicted molar refractivity (Wildman–Crippen MR) is 161 cm³/mol. The predicted octanol–water partition coefficient (Wildman–Crippen LogP) is 4.15. The summed E-state index contributed by atoms with van der Waals surface area (Å²) in [4.78, 5) is 56.2. The van der Waals surface area contributed by atoms with Crippen LogP contribution in [-0.2, 0) is 27.5 Å². The SMILES string of the molecule is O=C1CCC(Nc2ccc(CNc3cccc4c3C(=O)N(C(C(=O)Nc3nccs3)c3cc(F)ccc3O)C4)cc2)C(=O)N1. The van der Waals surface area contributed by atoms with E-state index in [4.69, 9.17) is 0 Å². The summed E-state index contributed by atoms with van der Waals surface area (Å²) < 4.78 is 14.3. The molecule has 0 bridgehead atoms. The minimum atomic E-state index is -1.33. The zero-order chi connectivity index (χ0) is 30.8. The Labute approximate surface area is 255 Å². The number of piperidine rings is 1. The molecule has 1 saturated heterocycles. The number of hydrogen-bond donors (Lipinski definition) is 5. The lowest BCUT2D eigenvalue weighted by atomic mass is 10.0. The molecule has 1 fully saturated rings. The van der Waals surface area contributed by atoms with Crippen LogP contribution in [0.3, 0.4) is 0 Å². The zero-order valence-corrected chi connectivity index (χ0v) is 24.0. The van der Waals surface area contributed by atoms with Gasteiger partial charge in [-0.05, 0) is 53.9 Å². The van der Waals surface area contributed by atoms with Crippen LogP contribution in [0, 0.1) is 5.82 Å². The smallest absolute Gasteiger partial charge is 0.257 e. The molecule has 0 spiro atoms. The van der Waals surface area contributed by atoms with Gasteiger partial charge in [-0.25, -0.2) is 9.37 Å². The van der Waals surface area contributed by atoms with E-state index in [1.54, 1.807) is 23.6 Å². The molecule has 1 aromatic heterocycles. The molecule has 2 atom stereocenters. The van der Waals surface area contributed by atoms with Gasteiger partial charge >= 0.3 is 0 Å². The molecule has 224 valence electrons. The highest BCUT2D eigenvalue weighted by molar-refractivity contribution is 7.13. The van der Waals surface area contributed by atoms with Gasteiger partial charge in [0.1, 0.15) is 23.7 Å². The van der Waals surface area contributed by atoms with Crippen molar-refractivity contribution in [3.63, 3.8) is 0 Å². The number of amides is 4. The van der Waals surface area contributed by atoms with Crippen molar-refractivity contribution in [1.82, 2.24) is 15.2 Å². The summed E-state index contributed by atoms with van der Waals surface area (Å²) in [5.74, 6) is -2.68. The third kappa shape index (κ3) is 5.95. The van der Waals surface area contributed by atoms with Gasteiger partial charge in [0.15, 0.2) is 5.13 Å². The zero-order valence-electron chi connectivity index (χ0n) is 23.2. The molecule has 6 rings (SSSR count). The highest BCUT2D eigenvalue weighted by atomic mass is 32.1. The number of benzene rings is 3. The summed E-state index contributed by atoms with van der Waals surface area (Å²) >= 11 is 1.19. The molecule has 13 heteroatoms. The maximum Gasteiger partial charge on any atom is 0.257 e. The first-order valence-corrected chi connectivity index (χ1v) is 14.7. The minimum absolute atomic E-state index is 0.0410. The Balaban J connectivity index is 1.19. The maximum atomic E-state index is 14.3. The highest BCUT2D eigenvalue weighted by Crippen LogP contribution is 2.38. The number of halogens is 1. The Bertz CT molecular complexity index is 1750. The van der Waals surface area contributed by atoms with Crippen LogP contribution in [0.1, 0.15) is 45.9 Å². The number of aromatic nitrogens is 1. The van der Waals surface area contributed by atoms with Gasteiger partial charge in [-0.1, -0.05) is 24.3 Å². The van der Waals surface area contributed by atoms with Crippen LogP contribution in [-0.4, -0.2) is 44.7 Å². The van der Waals surface area contributed by atoms with Crippen LogP contribution in [0.4, 0.5) is 20.9 Å². The first-order chi connectivity index (χ1) is 21.3. The number of carbonyl (C=O) groups excluding carboxylic acids is 4. The van der Waals surface area contributed by atoms with Crippen molar-refractivity contribution < 1.29 is 28.7 Å². The molecule has 0 aliphatic carbocycles. The first-order valence-electron chi connectivity index (χ1n) is 13.8. The fraction of sp³-hybridized carbons (Fsp3) is 0.194. The highest BCUT2D eigenvalue weighted by Gasteiger charge is 2.40. The van der Waals surface area contributed by atoms with Gasteiger partial charge in [-0.2, -0.15) is 0 Å². The number of phenols is 1. The number of anilines is 3. The van der Waals surface area contributed by atoms with Crippen molar-refractivity contribution in [2.24, 2.45) is 0 Å². The average molecular weight is 615 g/mol. The quantitative estimate of drug-likeness (QED) is 0.176. The fourth-order valence-corrected chi connectivity index (χ4v) is 5.87. The van der Waals surface area contributed by atoms with Crippen LogP contribution in [0.2, 0.25) is 0 Å². The Morgan fingerprint density at radius 3 is 2.70 bits per heavy atom. The van der Waals surface area contributed by atoms with E-state index in [1.165, 1.54) is 22.4 Å². The number of nitrogens with zero attached hydrogens (tertiary/aromatic N) is 2. The number of carbonyl (C=O) groups is 4. The molecule has 4 aromatic rings. The Morgan fingerprint density at radius 1 is 1.14 bits per heavy atom. The van der Waals surface area contributed by atoms with E-state index in [0.29, 0.717) is 34.9 Å². The van der Waals surface area contributed by atoms with Crippen molar-refractivity contribution in [3.8, 4) is 5.75 Å². The number of aromatic hydroxyl groups is 1. The topological polar surface area (TPSA) is 153 Å². The molecule has 2 unspecified atom stereocenters. The van der Waals surface area contributed by atoms with Gasteiger partial charge in [-0.15, -0.1) is 11.3 Å². The molecule has 0 saturated carbocycles. The number of hydrogen-bond acceptors (Lipinski definition) is 9. The van der Waals surface area contributed by atoms with Gasteiger partial charge in [0.05, 0.1) is 5.56 Å². The van der Waals surface area contributed by atoms with Crippen LogP contribution in [0.15, 0.2) is 72.2 Å². The number of phenolic OH excluding ortho intramolecular Hbond substituents is 1. The van der Waals surface area contributed by atoms with Crippen molar-refractivity contribution in [2.75, 3.05) is 16.0 Å². The molecule has 11 nitrogen and oxygen atoms in total. The summed E-state index contributed by atoms with van der Waals surface area (Å²) in [6.45, 7) is 0.442. The summed E-state index contributed by atoms with van der Waals surface area (Å²) in [5, 5.41) is 24.0. The second-order valence-electron chi connectivity index (χ2n) is 10.4. The van der Waals surface area contributed by atoms with Gasteiger partial charge in [-0.3, -0.25) is 29.8 Å². The molecule has 4 amide bonds. The van der Waals surface area contributed by atoms with Crippen LogP contribution < -0.4 is 21.3 Å². The van der Waals surface area contributed by atoms with E-state index in [0.717, 1.165) is 29.4 Å². The van der Waals surface area contributed by atoms with Crippen LogP contribution in [0.5, 0.6) is 5.75 Å². The Hall–Kier alpha value is -5.30. The molecule has 3 heterocycles. The molecular formula is C31H27FN6O5S. The van der Waals surface area contributed by atoms with E-state index >= 15 is 0 Å². The summed E-state index contributed by atoms with van der Waals surface area (Å²) in [5.41, 5.74) is 3.21. The average Bonchev–Trinajstić information content (AvgIpc) is 3.64. The summed E-state index contributed by atoms with van der Waals surface area (Å²) in [6.07, 6.45) is 2.22. The van der Waals surface area contributed by atoms with Crippen molar-refractivity contribution >= 4 is 51.5 Å². The lowest BCUT2D eigenvalue weighted by Crippen LogP contribution is -2.47. The van der Waals surface area contributed by atoms with Gasteiger partial charge in [0.25, 0.3) is 11.8 Å². The summed E-state index contributed by atoms with van der Waals surface area (Å²) in [6, 6.07) is 14.2. The van der Waals surface area contributed by atoms with Crippen molar-refractivity contribution in [2.45, 2.75) is 38.0 Å². The lowest BCUT2D eigenvalue weighted by Gasteiger charge is -2.27. The largest absolute Gasteiger partial charge is 0.508 e. The van der Waals surface area contributed by atoms with Crippen molar-refractivity contribution in [1.29, 1.82) is 0 Å². The molecule has 2 aliphatic rings. The van der Waals surface area contributed by atoms with E-state index in [1.807, 2.05) is 24.3 Å². The number of thiazole rings is 1. The third-order valence-electron chi connectivity index (χ3n) is 7.49. The monoisotopic (exact) mass is 614 g/mol. The van der Waals surface area contributed by atoms with Gasteiger partial charge < -0.3 is 20.6 Å². The molecule has 0 radical (unpaired) electrons. The number of rotatable bonds is 9. The fourth-order valence-electron chi connectivity index (χ4n) is 5.34. The summed E-state index contributed by atoms with van der Waals surface area (Å²) in [7, 11) is 0. The Kier molecular flexibility index (Phi) is 7.94. The maximum absolute atomic E-state index is 14.3. The van der Waals surface area contributed by atoms with E-state index < -0.39 is 29.7 Å². The van der Waals surface area contributed by atoms with Crippen molar-refractivity contribution in [3.05, 3.63) is 100 Å². The van der Waals surface area contributed by atoms with Crippen LogP contribution in [0.25, 0.3) is 0 Å². The van der Waals surface area contributed by atoms with Gasteiger partial charge in [0, 0.05) is 48.0 Å². The number of fused-ring (bicyclic) bond motifs is 1. The number of imide groups is 1. The molecule has 5 N–H and O–H groups in total. The molecule has 2 aliphatic heterocycles.